The molecule has 1 aromatic heterocycles. The van der Waals surface area contributed by atoms with E-state index in [-0.39, 0.29) is 23.8 Å². The number of piperidine rings is 2. The zero-order chi connectivity index (χ0) is 21.6. The normalized spacial score (nSPS) is 33.9. The molecule has 1 saturated carbocycles. The largest absolute Gasteiger partial charge is 0.406 e. The highest BCUT2D eigenvalue weighted by Crippen LogP contribution is 2.46. The van der Waals surface area contributed by atoms with Gasteiger partial charge in [0.25, 0.3) is 0 Å². The first-order valence-corrected chi connectivity index (χ1v) is 11.5. The smallest absolute Gasteiger partial charge is 0.356 e. The monoisotopic (exact) mass is 437 g/mol. The number of hydrazine groups is 1. The third kappa shape index (κ3) is 4.02. The average molecular weight is 438 g/mol. The van der Waals surface area contributed by atoms with E-state index in [9.17, 15) is 18.0 Å². The molecule has 3 aliphatic heterocycles. The van der Waals surface area contributed by atoms with Gasteiger partial charge >= 0.3 is 6.18 Å². The van der Waals surface area contributed by atoms with Gasteiger partial charge in [-0.25, -0.2) is 4.98 Å². The molecule has 3 saturated heterocycles. The number of aromatic nitrogens is 1. The lowest BCUT2D eigenvalue weighted by molar-refractivity contribution is -0.178. The van der Waals surface area contributed by atoms with E-state index >= 15 is 0 Å². The number of nitrogens with zero attached hydrogens (tertiary/aromatic N) is 3. The number of pyridine rings is 1. The molecule has 1 aliphatic carbocycles. The van der Waals surface area contributed by atoms with Crippen LogP contribution >= 0.6 is 0 Å². The van der Waals surface area contributed by atoms with E-state index in [4.69, 9.17) is 0 Å². The molecule has 31 heavy (non-hydrogen) atoms. The summed E-state index contributed by atoms with van der Waals surface area (Å²) >= 11 is 0. The summed E-state index contributed by atoms with van der Waals surface area (Å²) < 4.78 is 40.2. The molecule has 4 aliphatic rings. The maximum absolute atomic E-state index is 13.4. The lowest BCUT2D eigenvalue weighted by atomic mass is 9.67. The number of hydrogen-bond acceptors (Lipinski definition) is 5. The van der Waals surface area contributed by atoms with Crippen molar-refractivity contribution in [1.82, 2.24) is 20.7 Å². The van der Waals surface area contributed by atoms with Crippen molar-refractivity contribution in [3.8, 4) is 0 Å². The van der Waals surface area contributed by atoms with Gasteiger partial charge in [-0.05, 0) is 62.0 Å². The Bertz CT molecular complexity index is 813. The fourth-order valence-electron chi connectivity index (χ4n) is 6.25. The molecule has 4 fully saturated rings. The van der Waals surface area contributed by atoms with E-state index in [1.54, 1.807) is 6.20 Å². The van der Waals surface area contributed by atoms with E-state index < -0.39 is 24.7 Å². The van der Waals surface area contributed by atoms with Gasteiger partial charge in [0.05, 0.1) is 5.92 Å². The summed E-state index contributed by atoms with van der Waals surface area (Å²) in [5.74, 6) is 0.341. The highest BCUT2D eigenvalue weighted by Gasteiger charge is 2.54. The summed E-state index contributed by atoms with van der Waals surface area (Å²) in [4.78, 5) is 21.2. The molecule has 6 nitrogen and oxygen atoms in total. The highest BCUT2D eigenvalue weighted by molar-refractivity contribution is 5.82. The van der Waals surface area contributed by atoms with Crippen LogP contribution in [-0.4, -0.2) is 60.2 Å². The minimum atomic E-state index is -4.40. The topological polar surface area (TPSA) is 60.5 Å². The number of halogens is 3. The van der Waals surface area contributed by atoms with Crippen LogP contribution in [0.4, 0.5) is 19.0 Å². The second-order valence-corrected chi connectivity index (χ2v) is 9.44. The number of alkyl halides is 3. The van der Waals surface area contributed by atoms with Gasteiger partial charge in [-0.3, -0.25) is 15.6 Å². The summed E-state index contributed by atoms with van der Waals surface area (Å²) in [6.45, 7) is 1.18. The van der Waals surface area contributed by atoms with Gasteiger partial charge in [-0.1, -0.05) is 6.07 Å². The lowest BCUT2D eigenvalue weighted by Gasteiger charge is -2.50. The molecule has 170 valence electrons. The van der Waals surface area contributed by atoms with Crippen molar-refractivity contribution >= 4 is 11.7 Å². The molecule has 1 aromatic rings. The van der Waals surface area contributed by atoms with Crippen molar-refractivity contribution in [2.75, 3.05) is 31.1 Å². The fourth-order valence-corrected chi connectivity index (χ4v) is 6.25. The SMILES string of the molecule is O=C1C2CNNC2C2CCC(c3cccnc3N3CCCCC3)CC2N1CC(F)(F)F. The zero-order valence-electron chi connectivity index (χ0n) is 17.6. The van der Waals surface area contributed by atoms with Crippen molar-refractivity contribution in [2.24, 2.45) is 11.8 Å². The van der Waals surface area contributed by atoms with Crippen LogP contribution < -0.4 is 15.8 Å². The van der Waals surface area contributed by atoms with Crippen molar-refractivity contribution in [3.63, 3.8) is 0 Å². The standard InChI is InChI=1S/C22H30F3N5O/c23-22(24,25)13-30-18-11-14(6-7-16(18)19-17(21(30)31)12-27-28-19)15-5-4-8-26-20(15)29-9-2-1-3-10-29/h4-5,8,14,16-19,27-28H,1-3,6-7,9-13H2. The highest BCUT2D eigenvalue weighted by atomic mass is 19.4. The summed E-state index contributed by atoms with van der Waals surface area (Å²) in [5.41, 5.74) is 7.33. The van der Waals surface area contributed by atoms with Gasteiger partial charge in [0.1, 0.15) is 12.4 Å². The van der Waals surface area contributed by atoms with Crippen molar-refractivity contribution in [2.45, 2.75) is 62.7 Å². The van der Waals surface area contributed by atoms with Crippen LogP contribution in [0.2, 0.25) is 0 Å². The molecule has 5 unspecified atom stereocenters. The van der Waals surface area contributed by atoms with E-state index in [1.807, 2.05) is 6.07 Å². The molecule has 0 aromatic carbocycles. The Hall–Kier alpha value is -1.87. The van der Waals surface area contributed by atoms with Gasteiger partial charge < -0.3 is 9.80 Å². The van der Waals surface area contributed by atoms with E-state index in [0.717, 1.165) is 55.1 Å². The summed E-state index contributed by atoms with van der Waals surface area (Å²) in [5, 5.41) is 0. The average Bonchev–Trinajstić information content (AvgIpc) is 3.26. The Morgan fingerprint density at radius 3 is 2.74 bits per heavy atom. The van der Waals surface area contributed by atoms with Crippen LogP contribution in [0, 0.1) is 11.8 Å². The van der Waals surface area contributed by atoms with Gasteiger partial charge in [0.15, 0.2) is 0 Å². The quantitative estimate of drug-likeness (QED) is 0.762. The lowest BCUT2D eigenvalue weighted by Crippen LogP contribution is -2.63. The molecular formula is C22H30F3N5O. The maximum atomic E-state index is 13.4. The number of nitrogens with one attached hydrogen (secondary N) is 2. The molecule has 0 radical (unpaired) electrons. The summed E-state index contributed by atoms with van der Waals surface area (Å²) in [7, 11) is 0. The van der Waals surface area contributed by atoms with Gasteiger partial charge in [-0.15, -0.1) is 0 Å². The number of amides is 1. The number of likely N-dealkylation sites (tertiary alicyclic amines) is 1. The number of rotatable bonds is 3. The molecular weight excluding hydrogens is 407 g/mol. The Labute approximate surface area is 180 Å². The van der Waals surface area contributed by atoms with Crippen LogP contribution in [0.25, 0.3) is 0 Å². The van der Waals surface area contributed by atoms with Gasteiger partial charge in [0, 0.05) is 37.9 Å². The third-order valence-corrected chi connectivity index (χ3v) is 7.62. The molecule has 5 atom stereocenters. The van der Waals surface area contributed by atoms with E-state index in [0.29, 0.717) is 13.0 Å². The molecule has 4 heterocycles. The first-order valence-electron chi connectivity index (χ1n) is 11.5. The minimum absolute atomic E-state index is 0.0337. The molecule has 5 rings (SSSR count). The fraction of sp³-hybridized carbons (Fsp3) is 0.727. The van der Waals surface area contributed by atoms with Crippen molar-refractivity contribution in [1.29, 1.82) is 0 Å². The molecule has 0 spiro atoms. The van der Waals surface area contributed by atoms with Gasteiger partial charge in [0.2, 0.25) is 5.91 Å². The predicted molar refractivity (Wildman–Crippen MR) is 110 cm³/mol. The summed E-state index contributed by atoms with van der Waals surface area (Å²) in [6.07, 6.45) is 3.19. The number of fused-ring (bicyclic) bond motifs is 3. The Balaban J connectivity index is 1.43. The Morgan fingerprint density at radius 2 is 1.97 bits per heavy atom. The Morgan fingerprint density at radius 1 is 1.16 bits per heavy atom. The predicted octanol–water partition coefficient (Wildman–Crippen LogP) is 2.82. The number of carbonyl (C=O) groups is 1. The van der Waals surface area contributed by atoms with Crippen LogP contribution in [0.1, 0.15) is 50.0 Å². The number of hydrogen-bond donors (Lipinski definition) is 2. The second-order valence-electron chi connectivity index (χ2n) is 9.44. The van der Waals surface area contributed by atoms with Crippen LogP contribution in [0.3, 0.4) is 0 Å². The molecule has 1 amide bonds. The molecule has 0 bridgehead atoms. The van der Waals surface area contributed by atoms with E-state index in [1.165, 1.54) is 6.42 Å². The Kier molecular flexibility index (Phi) is 5.58. The first-order chi connectivity index (χ1) is 14.9. The maximum Gasteiger partial charge on any atom is 0.406 e. The van der Waals surface area contributed by atoms with Gasteiger partial charge in [-0.2, -0.15) is 13.2 Å². The van der Waals surface area contributed by atoms with Crippen LogP contribution in [0.5, 0.6) is 0 Å². The van der Waals surface area contributed by atoms with Crippen LogP contribution in [0.15, 0.2) is 18.3 Å². The number of carbonyl (C=O) groups excluding carboxylic acids is 1. The molecule has 2 N–H and O–H groups in total. The first kappa shape index (κ1) is 21.0. The van der Waals surface area contributed by atoms with E-state index in [2.05, 4.69) is 26.8 Å². The summed E-state index contributed by atoms with van der Waals surface area (Å²) in [6, 6.07) is 3.51. The minimum Gasteiger partial charge on any atom is -0.356 e. The second kappa shape index (κ2) is 8.24. The molecule has 9 heteroatoms. The van der Waals surface area contributed by atoms with Crippen LogP contribution in [-0.2, 0) is 4.79 Å². The van der Waals surface area contributed by atoms with Crippen molar-refractivity contribution < 1.29 is 18.0 Å². The third-order valence-electron chi connectivity index (χ3n) is 7.62. The van der Waals surface area contributed by atoms with Crippen molar-refractivity contribution in [3.05, 3.63) is 23.9 Å². The zero-order valence-corrected chi connectivity index (χ0v) is 17.6. The number of anilines is 1.